The molecule has 6 heteroatoms. The molecule has 0 spiro atoms. The fourth-order valence-electron chi connectivity index (χ4n) is 2.25. The Morgan fingerprint density at radius 1 is 1.22 bits per heavy atom. The standard InChI is InChI=1S/C17H33NO4Si/c1-16(2,3)22-15(20)18-13(9-10-14(18)19)11-12-21-23(7,8)17(4,5)6/h13H,9-12H2,1-8H3/t13-/m1/s1. The van der Waals surface area contributed by atoms with Gasteiger partial charge in [-0.1, -0.05) is 20.8 Å². The summed E-state index contributed by atoms with van der Waals surface area (Å²) >= 11 is 0. The van der Waals surface area contributed by atoms with Crippen LogP contribution in [-0.2, 0) is 14.0 Å². The second-order valence-electron chi connectivity index (χ2n) is 8.83. The Morgan fingerprint density at radius 3 is 2.26 bits per heavy atom. The Balaban J connectivity index is 2.62. The highest BCUT2D eigenvalue weighted by Crippen LogP contribution is 2.37. The fourth-order valence-corrected chi connectivity index (χ4v) is 3.31. The predicted molar refractivity (Wildman–Crippen MR) is 93.9 cm³/mol. The lowest BCUT2D eigenvalue weighted by Gasteiger charge is -2.36. The zero-order valence-corrected chi connectivity index (χ0v) is 17.0. The summed E-state index contributed by atoms with van der Waals surface area (Å²) in [6.45, 7) is 17.0. The third kappa shape index (κ3) is 5.60. The van der Waals surface area contributed by atoms with Crippen molar-refractivity contribution in [2.75, 3.05) is 6.61 Å². The van der Waals surface area contributed by atoms with Gasteiger partial charge in [0.2, 0.25) is 5.91 Å². The van der Waals surface area contributed by atoms with E-state index in [2.05, 4.69) is 33.9 Å². The van der Waals surface area contributed by atoms with Crippen LogP contribution in [0.15, 0.2) is 0 Å². The van der Waals surface area contributed by atoms with Gasteiger partial charge in [0, 0.05) is 19.1 Å². The minimum absolute atomic E-state index is 0.109. The monoisotopic (exact) mass is 343 g/mol. The van der Waals surface area contributed by atoms with Gasteiger partial charge in [0.25, 0.3) is 0 Å². The predicted octanol–water partition coefficient (Wildman–Crippen LogP) is 4.32. The summed E-state index contributed by atoms with van der Waals surface area (Å²) in [5.41, 5.74) is -0.595. The van der Waals surface area contributed by atoms with E-state index in [1.54, 1.807) is 20.8 Å². The Hall–Kier alpha value is -0.883. The van der Waals surface area contributed by atoms with E-state index in [4.69, 9.17) is 9.16 Å². The van der Waals surface area contributed by atoms with Crippen molar-refractivity contribution in [3.63, 3.8) is 0 Å². The van der Waals surface area contributed by atoms with Gasteiger partial charge in [-0.25, -0.2) is 9.69 Å². The number of carbonyl (C=O) groups is 2. The molecule has 0 unspecified atom stereocenters. The van der Waals surface area contributed by atoms with Crippen molar-refractivity contribution < 1.29 is 18.8 Å². The lowest BCUT2D eigenvalue weighted by molar-refractivity contribution is -0.128. The lowest BCUT2D eigenvalue weighted by atomic mass is 10.1. The molecule has 0 aromatic carbocycles. The summed E-state index contributed by atoms with van der Waals surface area (Å²) in [6.07, 6.45) is 1.25. The summed E-state index contributed by atoms with van der Waals surface area (Å²) < 4.78 is 11.5. The second kappa shape index (κ2) is 6.93. The number of nitrogens with zero attached hydrogens (tertiary/aromatic N) is 1. The number of hydrogen-bond donors (Lipinski definition) is 0. The van der Waals surface area contributed by atoms with Crippen molar-refractivity contribution in [3.05, 3.63) is 0 Å². The molecule has 0 aliphatic carbocycles. The molecule has 1 aliphatic rings. The summed E-state index contributed by atoms with van der Waals surface area (Å²) in [5.74, 6) is -0.142. The molecule has 0 radical (unpaired) electrons. The molecule has 5 nitrogen and oxygen atoms in total. The van der Waals surface area contributed by atoms with Gasteiger partial charge in [0.05, 0.1) is 0 Å². The number of likely N-dealkylation sites (tertiary alicyclic amines) is 1. The van der Waals surface area contributed by atoms with Crippen molar-refractivity contribution in [1.29, 1.82) is 0 Å². The first-order valence-corrected chi connectivity index (χ1v) is 11.3. The zero-order valence-electron chi connectivity index (χ0n) is 16.0. The summed E-state index contributed by atoms with van der Waals surface area (Å²) in [5, 5.41) is 0.156. The molecule has 0 bridgehead atoms. The lowest BCUT2D eigenvalue weighted by Crippen LogP contribution is -2.44. The van der Waals surface area contributed by atoms with Crippen LogP contribution in [-0.4, -0.2) is 43.5 Å². The topological polar surface area (TPSA) is 55.8 Å². The first kappa shape index (κ1) is 20.2. The zero-order chi connectivity index (χ0) is 18.1. The molecular weight excluding hydrogens is 310 g/mol. The average molecular weight is 344 g/mol. The average Bonchev–Trinajstić information content (AvgIpc) is 2.66. The Labute approximate surface area is 141 Å². The third-order valence-electron chi connectivity index (χ3n) is 4.64. The molecule has 23 heavy (non-hydrogen) atoms. The molecular formula is C17H33NO4Si. The first-order chi connectivity index (χ1) is 10.2. The van der Waals surface area contributed by atoms with Crippen molar-refractivity contribution in [1.82, 2.24) is 4.90 Å². The van der Waals surface area contributed by atoms with Crippen LogP contribution in [0.2, 0.25) is 18.1 Å². The first-order valence-electron chi connectivity index (χ1n) is 8.43. The van der Waals surface area contributed by atoms with Gasteiger partial charge < -0.3 is 9.16 Å². The molecule has 0 saturated carbocycles. The number of amides is 2. The second-order valence-corrected chi connectivity index (χ2v) is 13.6. The Kier molecular flexibility index (Phi) is 6.07. The molecule has 0 aromatic heterocycles. The summed E-state index contributed by atoms with van der Waals surface area (Å²) in [6, 6.07) is -0.109. The molecule has 1 fully saturated rings. The minimum Gasteiger partial charge on any atom is -0.443 e. The highest BCUT2D eigenvalue weighted by atomic mass is 28.4. The maximum atomic E-state index is 12.3. The van der Waals surface area contributed by atoms with Crippen LogP contribution in [0.4, 0.5) is 4.79 Å². The van der Waals surface area contributed by atoms with Gasteiger partial charge in [0.1, 0.15) is 5.60 Å². The normalized spacial score (nSPS) is 20.1. The van der Waals surface area contributed by atoms with Crippen LogP contribution in [0.5, 0.6) is 0 Å². The van der Waals surface area contributed by atoms with E-state index < -0.39 is 20.0 Å². The molecule has 134 valence electrons. The molecule has 1 heterocycles. The third-order valence-corrected chi connectivity index (χ3v) is 9.17. The highest BCUT2D eigenvalue weighted by molar-refractivity contribution is 6.74. The van der Waals surface area contributed by atoms with Crippen LogP contribution in [0.25, 0.3) is 0 Å². The molecule has 0 aromatic rings. The van der Waals surface area contributed by atoms with Gasteiger partial charge in [-0.2, -0.15) is 0 Å². The van der Waals surface area contributed by atoms with Crippen LogP contribution in [0, 0.1) is 0 Å². The smallest absolute Gasteiger partial charge is 0.417 e. The van der Waals surface area contributed by atoms with E-state index in [1.807, 2.05) is 0 Å². The van der Waals surface area contributed by atoms with E-state index in [9.17, 15) is 9.59 Å². The van der Waals surface area contributed by atoms with Crippen molar-refractivity contribution >= 4 is 20.3 Å². The molecule has 1 rings (SSSR count). The van der Waals surface area contributed by atoms with Crippen LogP contribution < -0.4 is 0 Å². The largest absolute Gasteiger partial charge is 0.443 e. The number of hydrogen-bond acceptors (Lipinski definition) is 4. The van der Waals surface area contributed by atoms with Gasteiger partial charge in [0.15, 0.2) is 8.32 Å². The van der Waals surface area contributed by atoms with E-state index in [0.717, 1.165) is 0 Å². The molecule has 1 aliphatic heterocycles. The quantitative estimate of drug-likeness (QED) is 0.713. The Bertz CT molecular complexity index is 448. The molecule has 1 atom stereocenters. The Morgan fingerprint density at radius 2 is 1.78 bits per heavy atom. The minimum atomic E-state index is -1.80. The number of ether oxygens (including phenoxy) is 1. The van der Waals surface area contributed by atoms with Crippen molar-refractivity contribution in [2.45, 2.75) is 90.6 Å². The number of carbonyl (C=O) groups excluding carboxylic acids is 2. The molecule has 0 N–H and O–H groups in total. The fraction of sp³-hybridized carbons (Fsp3) is 0.882. The van der Waals surface area contributed by atoms with Gasteiger partial charge in [-0.15, -0.1) is 0 Å². The van der Waals surface area contributed by atoms with Crippen molar-refractivity contribution in [2.24, 2.45) is 0 Å². The maximum absolute atomic E-state index is 12.3. The van der Waals surface area contributed by atoms with E-state index in [1.165, 1.54) is 4.90 Å². The van der Waals surface area contributed by atoms with Gasteiger partial charge in [-0.3, -0.25) is 4.79 Å². The SMILES string of the molecule is CC(C)(C)OC(=O)N1C(=O)CC[C@@H]1CCO[Si](C)(C)C(C)(C)C. The van der Waals surface area contributed by atoms with E-state index >= 15 is 0 Å². The van der Waals surface area contributed by atoms with Crippen LogP contribution in [0.3, 0.4) is 0 Å². The summed E-state index contributed by atoms with van der Waals surface area (Å²) in [7, 11) is -1.80. The van der Waals surface area contributed by atoms with Crippen LogP contribution >= 0.6 is 0 Å². The maximum Gasteiger partial charge on any atom is 0.417 e. The number of imide groups is 1. The van der Waals surface area contributed by atoms with Gasteiger partial charge in [-0.05, 0) is 51.7 Å². The molecule has 1 saturated heterocycles. The van der Waals surface area contributed by atoms with Crippen LogP contribution in [0.1, 0.15) is 60.8 Å². The highest BCUT2D eigenvalue weighted by Gasteiger charge is 2.40. The van der Waals surface area contributed by atoms with Crippen molar-refractivity contribution in [3.8, 4) is 0 Å². The van der Waals surface area contributed by atoms with E-state index in [-0.39, 0.29) is 17.0 Å². The van der Waals surface area contributed by atoms with Gasteiger partial charge >= 0.3 is 6.09 Å². The summed E-state index contributed by atoms with van der Waals surface area (Å²) in [4.78, 5) is 25.6. The van der Waals surface area contributed by atoms with E-state index in [0.29, 0.717) is 25.9 Å². The molecule has 2 amide bonds. The number of rotatable bonds is 4.